The number of carboxylic acid groups (broad SMARTS) is 1. The van der Waals surface area contributed by atoms with E-state index >= 15 is 0 Å². The lowest BCUT2D eigenvalue weighted by atomic mass is 10.2. The molecule has 1 rings (SSSR count). The molecule has 12 heteroatoms. The predicted molar refractivity (Wildman–Crippen MR) is 111 cm³/mol. The van der Waals surface area contributed by atoms with Crippen LogP contribution in [0.5, 0.6) is 0 Å². The van der Waals surface area contributed by atoms with Crippen molar-refractivity contribution in [2.45, 2.75) is 32.5 Å². The molecule has 0 aliphatic rings. The molecule has 30 heavy (non-hydrogen) atoms. The lowest BCUT2D eigenvalue weighted by molar-refractivity contribution is -0.145. The SMILES string of the molecule is CC(CNC(=O)OCc1ccccc1)CP(=O)(O)OC(CCCN=C(N)N)C(=O)O. The molecule has 7 N–H and O–H groups in total. The number of carbonyl (C=O) groups excluding carboxylic acids is 1. The van der Waals surface area contributed by atoms with E-state index in [0.717, 1.165) is 5.56 Å². The summed E-state index contributed by atoms with van der Waals surface area (Å²) in [6.45, 7) is 1.96. The summed E-state index contributed by atoms with van der Waals surface area (Å²) in [4.78, 5) is 36.8. The van der Waals surface area contributed by atoms with Gasteiger partial charge in [-0.1, -0.05) is 37.3 Å². The Kier molecular flexibility index (Phi) is 10.9. The summed E-state index contributed by atoms with van der Waals surface area (Å²) >= 11 is 0. The third kappa shape index (κ3) is 11.4. The number of nitrogens with zero attached hydrogens (tertiary/aromatic N) is 1. The van der Waals surface area contributed by atoms with Gasteiger partial charge in [-0.05, 0) is 24.3 Å². The average Bonchev–Trinajstić information content (AvgIpc) is 2.67. The molecular formula is C18H29N4O7P. The van der Waals surface area contributed by atoms with E-state index in [0.29, 0.717) is 0 Å². The summed E-state index contributed by atoms with van der Waals surface area (Å²) in [6.07, 6.45) is -2.23. The number of hydrogen-bond donors (Lipinski definition) is 5. The number of carbonyl (C=O) groups is 2. The number of nitrogens with one attached hydrogen (secondary N) is 1. The van der Waals surface area contributed by atoms with Crippen LogP contribution in [0.25, 0.3) is 0 Å². The summed E-state index contributed by atoms with van der Waals surface area (Å²) in [5, 5.41) is 11.7. The summed E-state index contributed by atoms with van der Waals surface area (Å²) in [5.41, 5.74) is 11.2. The molecule has 0 heterocycles. The first-order valence-electron chi connectivity index (χ1n) is 9.32. The second-order valence-electron chi connectivity index (χ2n) is 6.75. The van der Waals surface area contributed by atoms with Crippen LogP contribution in [0, 0.1) is 5.92 Å². The molecule has 0 spiro atoms. The fraction of sp³-hybridized carbons (Fsp3) is 0.500. The molecule has 0 aromatic heterocycles. The van der Waals surface area contributed by atoms with E-state index in [1.165, 1.54) is 0 Å². The first-order valence-corrected chi connectivity index (χ1v) is 11.1. The van der Waals surface area contributed by atoms with Gasteiger partial charge >= 0.3 is 19.7 Å². The maximum absolute atomic E-state index is 12.3. The van der Waals surface area contributed by atoms with Crippen molar-refractivity contribution < 1.29 is 33.4 Å². The Morgan fingerprint density at radius 2 is 1.93 bits per heavy atom. The number of carboxylic acids is 1. The lowest BCUT2D eigenvalue weighted by Gasteiger charge is -2.21. The first kappa shape index (κ1) is 25.4. The molecule has 1 aromatic rings. The zero-order valence-corrected chi connectivity index (χ0v) is 17.7. The topological polar surface area (TPSA) is 187 Å². The Morgan fingerprint density at radius 1 is 1.27 bits per heavy atom. The number of aliphatic imine (C=N–C) groups is 1. The Labute approximate surface area is 175 Å². The number of rotatable bonds is 13. The van der Waals surface area contributed by atoms with Crippen LogP contribution in [-0.2, 0) is 25.2 Å². The van der Waals surface area contributed by atoms with E-state index in [2.05, 4.69) is 10.3 Å². The molecule has 3 unspecified atom stereocenters. The molecule has 11 nitrogen and oxygen atoms in total. The second-order valence-corrected chi connectivity index (χ2v) is 8.60. The maximum atomic E-state index is 12.3. The summed E-state index contributed by atoms with van der Waals surface area (Å²) in [7, 11) is -4.21. The Morgan fingerprint density at radius 3 is 2.53 bits per heavy atom. The van der Waals surface area contributed by atoms with E-state index in [1.807, 2.05) is 30.3 Å². The van der Waals surface area contributed by atoms with Crippen LogP contribution in [0.3, 0.4) is 0 Å². The number of guanidine groups is 1. The zero-order valence-electron chi connectivity index (χ0n) is 16.8. The van der Waals surface area contributed by atoms with Crippen LogP contribution < -0.4 is 16.8 Å². The van der Waals surface area contributed by atoms with Gasteiger partial charge in [0.25, 0.3) is 0 Å². The number of amides is 1. The molecule has 168 valence electrons. The summed E-state index contributed by atoms with van der Waals surface area (Å²) < 4.78 is 22.3. The molecule has 0 fully saturated rings. The van der Waals surface area contributed by atoms with Crippen molar-refractivity contribution in [2.24, 2.45) is 22.4 Å². The minimum Gasteiger partial charge on any atom is -0.479 e. The second kappa shape index (κ2) is 12.8. The molecule has 1 aromatic carbocycles. The van der Waals surface area contributed by atoms with Crippen molar-refractivity contribution in [1.82, 2.24) is 5.32 Å². The molecule has 0 bridgehead atoms. The molecule has 1 amide bonds. The number of ether oxygens (including phenoxy) is 1. The van der Waals surface area contributed by atoms with Gasteiger partial charge in [-0.2, -0.15) is 0 Å². The van der Waals surface area contributed by atoms with Crippen molar-refractivity contribution in [3.8, 4) is 0 Å². The van der Waals surface area contributed by atoms with Crippen LogP contribution in [0.4, 0.5) is 4.79 Å². The fourth-order valence-electron chi connectivity index (χ4n) is 2.44. The van der Waals surface area contributed by atoms with Gasteiger partial charge in [-0.25, -0.2) is 9.59 Å². The number of benzene rings is 1. The Hall–Kier alpha value is -2.62. The molecule has 0 saturated heterocycles. The van der Waals surface area contributed by atoms with Gasteiger partial charge in [0.15, 0.2) is 12.1 Å². The standard InChI is InChI=1S/C18H29N4O7P/c1-13(10-22-18(25)28-11-14-6-3-2-4-7-14)12-30(26,27)29-15(16(23)24)8-5-9-21-17(19)20/h2-4,6-7,13,15H,5,8-12H2,1H3,(H,22,25)(H,23,24)(H,26,27)(H4,19,20,21). The molecule has 0 radical (unpaired) electrons. The van der Waals surface area contributed by atoms with Crippen LogP contribution in [0.1, 0.15) is 25.3 Å². The maximum Gasteiger partial charge on any atom is 0.407 e. The van der Waals surface area contributed by atoms with E-state index < -0.39 is 31.7 Å². The van der Waals surface area contributed by atoms with Crippen LogP contribution in [0.2, 0.25) is 0 Å². The minimum absolute atomic E-state index is 0.0326. The smallest absolute Gasteiger partial charge is 0.407 e. The molecule has 0 aliphatic heterocycles. The molecule has 0 aliphatic carbocycles. The molecular weight excluding hydrogens is 415 g/mol. The third-order valence-corrected chi connectivity index (χ3v) is 5.50. The highest BCUT2D eigenvalue weighted by molar-refractivity contribution is 7.52. The van der Waals surface area contributed by atoms with Gasteiger partial charge in [-0.3, -0.25) is 14.1 Å². The monoisotopic (exact) mass is 444 g/mol. The van der Waals surface area contributed by atoms with Gasteiger partial charge < -0.3 is 31.5 Å². The highest BCUT2D eigenvalue weighted by atomic mass is 31.2. The van der Waals surface area contributed by atoms with Crippen molar-refractivity contribution >= 4 is 25.6 Å². The Balaban J connectivity index is 2.40. The van der Waals surface area contributed by atoms with Gasteiger partial charge in [-0.15, -0.1) is 0 Å². The van der Waals surface area contributed by atoms with E-state index in [-0.39, 0.29) is 44.7 Å². The highest BCUT2D eigenvalue weighted by Gasteiger charge is 2.31. The normalized spacial score (nSPS) is 14.7. The summed E-state index contributed by atoms with van der Waals surface area (Å²) in [5.74, 6) is -1.94. The zero-order chi connectivity index (χ0) is 22.6. The van der Waals surface area contributed by atoms with Gasteiger partial charge in [0.2, 0.25) is 0 Å². The lowest BCUT2D eigenvalue weighted by Crippen LogP contribution is -2.31. The molecule has 0 saturated carbocycles. The number of hydrogen-bond acceptors (Lipinski definition) is 6. The van der Waals surface area contributed by atoms with E-state index in [9.17, 15) is 24.2 Å². The third-order valence-electron chi connectivity index (χ3n) is 3.84. The van der Waals surface area contributed by atoms with Crippen molar-refractivity contribution in [3.63, 3.8) is 0 Å². The van der Waals surface area contributed by atoms with Crippen molar-refractivity contribution in [3.05, 3.63) is 35.9 Å². The average molecular weight is 444 g/mol. The van der Waals surface area contributed by atoms with Gasteiger partial charge in [0, 0.05) is 13.1 Å². The number of alkyl carbamates (subject to hydrolysis) is 1. The van der Waals surface area contributed by atoms with Crippen LogP contribution >= 0.6 is 7.60 Å². The van der Waals surface area contributed by atoms with E-state index in [4.69, 9.17) is 20.7 Å². The van der Waals surface area contributed by atoms with Gasteiger partial charge in [0.05, 0.1) is 6.16 Å². The predicted octanol–water partition coefficient (Wildman–Crippen LogP) is 1.26. The summed E-state index contributed by atoms with van der Waals surface area (Å²) in [6, 6.07) is 9.11. The van der Waals surface area contributed by atoms with Gasteiger partial charge in [0.1, 0.15) is 6.61 Å². The minimum atomic E-state index is -4.21. The quantitative estimate of drug-likeness (QED) is 0.129. The van der Waals surface area contributed by atoms with E-state index in [1.54, 1.807) is 6.92 Å². The van der Waals surface area contributed by atoms with Crippen molar-refractivity contribution in [2.75, 3.05) is 19.3 Å². The highest BCUT2D eigenvalue weighted by Crippen LogP contribution is 2.45. The largest absolute Gasteiger partial charge is 0.479 e. The number of nitrogens with two attached hydrogens (primary N) is 2. The first-order chi connectivity index (χ1) is 14.1. The fourth-order valence-corrected chi connectivity index (χ4v) is 4.03. The number of aliphatic carboxylic acids is 1. The molecule has 3 atom stereocenters. The Bertz CT molecular complexity index is 756. The van der Waals surface area contributed by atoms with Crippen molar-refractivity contribution in [1.29, 1.82) is 0 Å². The van der Waals surface area contributed by atoms with Crippen LogP contribution in [-0.4, -0.2) is 53.4 Å². The van der Waals surface area contributed by atoms with Crippen LogP contribution in [0.15, 0.2) is 35.3 Å².